The fraction of sp³-hybridized carbons (Fsp3) is 0.389. The molecule has 3 heterocycles. The second kappa shape index (κ2) is 9.12. The van der Waals surface area contributed by atoms with Crippen LogP contribution in [0.15, 0.2) is 24.8 Å². The SMILES string of the molecule is Cc1c(OP(=O)(O)O)ccc(Cl)c1CNc1ncnc2c1ncn2[C@@H]1O[C@H](CO)[C@@H](O)[C@H]1O. The molecule has 1 aliphatic heterocycles. The third-order valence-corrected chi connectivity index (χ3v) is 6.08. The van der Waals surface area contributed by atoms with Crippen LogP contribution in [-0.4, -0.2) is 69.5 Å². The minimum absolute atomic E-state index is 0.00832. The lowest BCUT2D eigenvalue weighted by Gasteiger charge is -2.17. The number of halogens is 1. The number of hydrogen-bond acceptors (Lipinski definition) is 10. The van der Waals surface area contributed by atoms with E-state index in [1.54, 1.807) is 6.92 Å². The van der Waals surface area contributed by atoms with Gasteiger partial charge in [-0.05, 0) is 30.2 Å². The number of benzene rings is 1. The quantitative estimate of drug-likeness (QED) is 0.246. The van der Waals surface area contributed by atoms with E-state index in [0.717, 1.165) is 0 Å². The predicted octanol–water partition coefficient (Wildman–Crippen LogP) is 0.483. The number of fused-ring (bicyclic) bond motifs is 1. The van der Waals surface area contributed by atoms with E-state index in [-0.39, 0.29) is 12.3 Å². The van der Waals surface area contributed by atoms with Crippen molar-refractivity contribution in [2.24, 2.45) is 0 Å². The Morgan fingerprint density at radius 3 is 2.67 bits per heavy atom. The average molecular weight is 502 g/mol. The molecule has 3 aromatic rings. The van der Waals surface area contributed by atoms with E-state index >= 15 is 0 Å². The van der Waals surface area contributed by atoms with Crippen molar-refractivity contribution in [1.82, 2.24) is 19.5 Å². The zero-order chi connectivity index (χ0) is 23.9. The predicted molar refractivity (Wildman–Crippen MR) is 115 cm³/mol. The average Bonchev–Trinajstić information content (AvgIpc) is 3.31. The Morgan fingerprint density at radius 2 is 2.00 bits per heavy atom. The maximum atomic E-state index is 11.2. The molecule has 1 fully saturated rings. The van der Waals surface area contributed by atoms with Gasteiger partial charge in [-0.2, -0.15) is 0 Å². The van der Waals surface area contributed by atoms with Crippen LogP contribution in [0, 0.1) is 6.92 Å². The highest BCUT2D eigenvalue weighted by molar-refractivity contribution is 7.46. The molecule has 6 N–H and O–H groups in total. The molecule has 0 radical (unpaired) electrons. The minimum atomic E-state index is -4.75. The summed E-state index contributed by atoms with van der Waals surface area (Å²) in [7, 11) is -4.75. The summed E-state index contributed by atoms with van der Waals surface area (Å²) < 4.78 is 22.9. The smallest absolute Gasteiger partial charge is 0.404 e. The first kappa shape index (κ1) is 23.8. The van der Waals surface area contributed by atoms with Crippen LogP contribution in [0.4, 0.5) is 5.82 Å². The van der Waals surface area contributed by atoms with Gasteiger partial charge in [-0.1, -0.05) is 11.6 Å². The van der Waals surface area contributed by atoms with Gasteiger partial charge in [-0.3, -0.25) is 14.4 Å². The summed E-state index contributed by atoms with van der Waals surface area (Å²) in [6, 6.07) is 2.83. The first-order chi connectivity index (χ1) is 15.6. The molecule has 1 saturated heterocycles. The van der Waals surface area contributed by atoms with Crippen LogP contribution in [-0.2, 0) is 15.8 Å². The van der Waals surface area contributed by atoms with Crippen LogP contribution in [0.1, 0.15) is 17.4 Å². The molecular formula is C18H21ClN5O8P. The van der Waals surface area contributed by atoms with Gasteiger partial charge in [0.1, 0.15) is 30.4 Å². The van der Waals surface area contributed by atoms with Crippen molar-refractivity contribution in [1.29, 1.82) is 0 Å². The molecule has 0 bridgehead atoms. The lowest BCUT2D eigenvalue weighted by Crippen LogP contribution is -2.33. The van der Waals surface area contributed by atoms with Crippen molar-refractivity contribution >= 4 is 36.4 Å². The number of aromatic nitrogens is 4. The largest absolute Gasteiger partial charge is 0.524 e. The number of hydrogen-bond donors (Lipinski definition) is 6. The molecule has 1 aromatic carbocycles. The van der Waals surface area contributed by atoms with Crippen molar-refractivity contribution in [2.75, 3.05) is 11.9 Å². The number of anilines is 1. The number of aliphatic hydroxyl groups excluding tert-OH is 3. The summed E-state index contributed by atoms with van der Waals surface area (Å²) >= 11 is 6.27. The van der Waals surface area contributed by atoms with Gasteiger partial charge < -0.3 is 29.9 Å². The molecule has 178 valence electrons. The zero-order valence-corrected chi connectivity index (χ0v) is 18.8. The molecule has 0 amide bonds. The Balaban J connectivity index is 1.60. The summed E-state index contributed by atoms with van der Waals surface area (Å²) in [5.41, 5.74) is 1.60. The number of ether oxygens (including phenoxy) is 1. The lowest BCUT2D eigenvalue weighted by molar-refractivity contribution is -0.0511. The monoisotopic (exact) mass is 501 g/mol. The molecule has 15 heteroatoms. The Labute approximate surface area is 191 Å². The van der Waals surface area contributed by atoms with E-state index in [1.165, 1.54) is 29.4 Å². The molecule has 1 aliphatic rings. The van der Waals surface area contributed by atoms with E-state index in [2.05, 4.69) is 20.3 Å². The molecule has 13 nitrogen and oxygen atoms in total. The van der Waals surface area contributed by atoms with Gasteiger partial charge in [0.2, 0.25) is 0 Å². The normalized spacial score (nSPS) is 23.2. The van der Waals surface area contributed by atoms with Crippen LogP contribution in [0.5, 0.6) is 5.75 Å². The highest BCUT2D eigenvalue weighted by atomic mass is 35.5. The Hall–Kier alpha value is -2.35. The van der Waals surface area contributed by atoms with Crippen LogP contribution in [0.2, 0.25) is 5.02 Å². The molecule has 2 aromatic heterocycles. The summed E-state index contributed by atoms with van der Waals surface area (Å²) in [6.07, 6.45) is -1.89. The minimum Gasteiger partial charge on any atom is -0.404 e. The third kappa shape index (κ3) is 4.67. The van der Waals surface area contributed by atoms with E-state index in [4.69, 9.17) is 30.6 Å². The van der Waals surface area contributed by atoms with Crippen molar-refractivity contribution in [3.63, 3.8) is 0 Å². The fourth-order valence-electron chi connectivity index (χ4n) is 3.60. The van der Waals surface area contributed by atoms with Gasteiger partial charge in [-0.25, -0.2) is 19.5 Å². The number of aliphatic hydroxyl groups is 3. The molecule has 0 aliphatic carbocycles. The summed E-state index contributed by atoms with van der Waals surface area (Å²) in [6.45, 7) is 1.27. The van der Waals surface area contributed by atoms with E-state index in [1.807, 2.05) is 0 Å². The summed E-state index contributed by atoms with van der Waals surface area (Å²) in [5, 5.41) is 33.1. The molecule has 4 atom stereocenters. The van der Waals surface area contributed by atoms with Gasteiger partial charge in [0, 0.05) is 11.6 Å². The highest BCUT2D eigenvalue weighted by Gasteiger charge is 2.44. The van der Waals surface area contributed by atoms with Gasteiger partial charge in [-0.15, -0.1) is 0 Å². The van der Waals surface area contributed by atoms with Crippen LogP contribution < -0.4 is 9.84 Å². The van der Waals surface area contributed by atoms with Crippen molar-refractivity contribution < 1.29 is 38.9 Å². The van der Waals surface area contributed by atoms with Crippen LogP contribution in [0.3, 0.4) is 0 Å². The molecule has 33 heavy (non-hydrogen) atoms. The highest BCUT2D eigenvalue weighted by Crippen LogP contribution is 2.41. The zero-order valence-electron chi connectivity index (χ0n) is 17.1. The van der Waals surface area contributed by atoms with Crippen molar-refractivity contribution in [3.8, 4) is 5.75 Å². The molecule has 0 unspecified atom stereocenters. The standard InChI is InChI=1S/C18H21ClN5O8P/c1-8-9(10(19)2-3-11(8)32-33(28,29)30)4-20-16-13-17(22-6-21-16)24(7-23-13)18-15(27)14(26)12(5-25)31-18/h2-3,6-7,12,14-15,18,25-27H,4-5H2,1H3,(H,20,21,22)(H2,28,29,30)/t12-,14-,15-,18-/m1/s1. The number of phosphoric ester groups is 1. The first-order valence-electron chi connectivity index (χ1n) is 9.67. The lowest BCUT2D eigenvalue weighted by atomic mass is 10.1. The van der Waals surface area contributed by atoms with Gasteiger partial charge in [0.05, 0.1) is 12.9 Å². The second-order valence-corrected chi connectivity index (χ2v) is 8.93. The van der Waals surface area contributed by atoms with E-state index in [9.17, 15) is 19.9 Å². The van der Waals surface area contributed by atoms with Crippen LogP contribution in [0.25, 0.3) is 11.2 Å². The Bertz CT molecular complexity index is 1220. The van der Waals surface area contributed by atoms with Gasteiger partial charge in [0.25, 0.3) is 0 Å². The first-order valence-corrected chi connectivity index (χ1v) is 11.6. The third-order valence-electron chi connectivity index (χ3n) is 5.29. The molecular weight excluding hydrogens is 481 g/mol. The molecule has 4 rings (SSSR count). The van der Waals surface area contributed by atoms with Crippen LogP contribution >= 0.6 is 19.4 Å². The number of imidazole rings is 1. The topological polar surface area (TPSA) is 192 Å². The number of nitrogens with one attached hydrogen (secondary N) is 1. The molecule has 0 saturated carbocycles. The maximum Gasteiger partial charge on any atom is 0.524 e. The number of nitrogens with zero attached hydrogens (tertiary/aromatic N) is 4. The summed E-state index contributed by atoms with van der Waals surface area (Å²) in [4.78, 5) is 30.8. The van der Waals surface area contributed by atoms with Crippen molar-refractivity contribution in [2.45, 2.75) is 38.0 Å². The van der Waals surface area contributed by atoms with Crippen molar-refractivity contribution in [3.05, 3.63) is 40.9 Å². The van der Waals surface area contributed by atoms with E-state index < -0.39 is 39.0 Å². The van der Waals surface area contributed by atoms with E-state index in [0.29, 0.717) is 33.1 Å². The number of rotatable bonds is 7. The maximum absolute atomic E-state index is 11.2. The fourth-order valence-corrected chi connectivity index (χ4v) is 4.32. The Morgan fingerprint density at radius 1 is 1.24 bits per heavy atom. The molecule has 0 spiro atoms. The summed E-state index contributed by atoms with van der Waals surface area (Å²) in [5.74, 6) is 0.313. The van der Waals surface area contributed by atoms with Gasteiger partial charge >= 0.3 is 7.82 Å². The second-order valence-electron chi connectivity index (χ2n) is 7.36. The number of phosphoric acid groups is 1. The Kier molecular flexibility index (Phi) is 6.58. The van der Waals surface area contributed by atoms with Gasteiger partial charge in [0.15, 0.2) is 23.2 Å².